The minimum atomic E-state index is -1.31. The van der Waals surface area contributed by atoms with Crippen molar-refractivity contribution >= 4 is 63.9 Å². The van der Waals surface area contributed by atoms with Gasteiger partial charge in [0.25, 0.3) is 5.91 Å². The van der Waals surface area contributed by atoms with E-state index in [9.17, 15) is 24.3 Å². The van der Waals surface area contributed by atoms with E-state index in [4.69, 9.17) is 15.2 Å². The molecule has 16 nitrogen and oxygen atoms in total. The van der Waals surface area contributed by atoms with Gasteiger partial charge in [0.05, 0.1) is 23.9 Å². The monoisotopic (exact) mass is 695 g/mol. The Balaban J connectivity index is 1.37. The molecule has 3 aliphatic rings. The van der Waals surface area contributed by atoms with Crippen molar-refractivity contribution in [3.05, 3.63) is 22.3 Å². The number of hydrogen-bond acceptors (Lipinski definition) is 15. The molecule has 4 atom stereocenters. The Morgan fingerprint density at radius 3 is 2.70 bits per heavy atom. The van der Waals surface area contributed by atoms with Crippen LogP contribution in [0.2, 0.25) is 0 Å². The van der Waals surface area contributed by atoms with Gasteiger partial charge in [0.15, 0.2) is 5.13 Å². The number of carboxylic acid groups (broad SMARTS) is 1. The number of nitrogens with zero attached hydrogens (tertiary/aromatic N) is 7. The maximum Gasteiger partial charge on any atom is 0.508 e. The van der Waals surface area contributed by atoms with Gasteiger partial charge in [0, 0.05) is 17.7 Å². The van der Waals surface area contributed by atoms with Gasteiger partial charge in [0.2, 0.25) is 11.1 Å². The molecule has 0 aromatic carbocycles. The van der Waals surface area contributed by atoms with Crippen LogP contribution in [0.4, 0.5) is 9.93 Å². The number of nitrogens with one attached hydrogen (secondary N) is 1. The predicted molar refractivity (Wildman–Crippen MR) is 170 cm³/mol. The van der Waals surface area contributed by atoms with E-state index in [0.717, 1.165) is 32.1 Å². The van der Waals surface area contributed by atoms with E-state index in [1.165, 1.54) is 39.8 Å². The fraction of sp³-hybridized carbons (Fsp3) is 0.630. The number of tetrazole rings is 1. The number of carbonyl (C=O) groups excluding carboxylic acids is 3. The van der Waals surface area contributed by atoms with Crippen LogP contribution in [0, 0.1) is 0 Å². The van der Waals surface area contributed by atoms with Gasteiger partial charge in [-0.2, -0.15) is 0 Å². The fourth-order valence-corrected chi connectivity index (χ4v) is 8.76. The average Bonchev–Trinajstić information content (AvgIpc) is 3.64. The molecule has 2 unspecified atom stereocenters. The van der Waals surface area contributed by atoms with E-state index in [0.29, 0.717) is 34.6 Å². The van der Waals surface area contributed by atoms with E-state index >= 15 is 0 Å². The molecule has 4 N–H and O–H groups in total. The van der Waals surface area contributed by atoms with Crippen LogP contribution in [0.1, 0.15) is 44.7 Å². The standard InChI is InChI=1S/C27H37N9O7S3/c1-14(42-27(41)43-16-7-5-4-6-8-16)21-17(13-45-26-31-32-33-35(26)10-9-34(2)3)20(24(39)40)36-22(38)19(23(36)46-21)30-18(37)11-15-12-44-25(28)29-15/h12,14,16,19,21,23H,4-11,13H2,1-3H3,(H2,28,29)(H,30,37)(H,39,40)/t14?,19-,21?,23-/m1/s1. The summed E-state index contributed by atoms with van der Waals surface area (Å²) in [6, 6.07) is -0.987. The van der Waals surface area contributed by atoms with Crippen molar-refractivity contribution in [3.63, 3.8) is 0 Å². The number of anilines is 1. The minimum Gasteiger partial charge on any atom is -0.477 e. The van der Waals surface area contributed by atoms with E-state index in [1.54, 1.807) is 17.0 Å². The maximum atomic E-state index is 13.4. The summed E-state index contributed by atoms with van der Waals surface area (Å²) in [6.45, 7) is 2.86. The second-order valence-corrected chi connectivity index (χ2v) is 14.6. The summed E-state index contributed by atoms with van der Waals surface area (Å²) < 4.78 is 12.9. The highest BCUT2D eigenvalue weighted by Gasteiger charge is 2.57. The Kier molecular flexibility index (Phi) is 11.1. The number of rotatable bonds is 13. The number of ether oxygens (including phenoxy) is 2. The van der Waals surface area contributed by atoms with Gasteiger partial charge in [0.1, 0.15) is 29.3 Å². The Hall–Kier alpha value is -3.42. The third kappa shape index (κ3) is 7.92. The van der Waals surface area contributed by atoms with Gasteiger partial charge in [-0.05, 0) is 62.7 Å². The maximum absolute atomic E-state index is 13.4. The van der Waals surface area contributed by atoms with Crippen LogP contribution >= 0.6 is 34.9 Å². The summed E-state index contributed by atoms with van der Waals surface area (Å²) >= 11 is 3.68. The zero-order valence-corrected chi connectivity index (χ0v) is 28.1. The van der Waals surface area contributed by atoms with E-state index in [1.807, 2.05) is 19.0 Å². The van der Waals surface area contributed by atoms with Crippen LogP contribution in [0.3, 0.4) is 0 Å². The number of carboxylic acids is 1. The van der Waals surface area contributed by atoms with Crippen molar-refractivity contribution in [1.29, 1.82) is 0 Å². The summed E-state index contributed by atoms with van der Waals surface area (Å²) in [5.74, 6) is -2.21. The first kappa shape index (κ1) is 33.9. The second-order valence-electron chi connectivity index (χ2n) is 11.5. The predicted octanol–water partition coefficient (Wildman–Crippen LogP) is 1.59. The number of nitrogen functional groups attached to an aromatic ring is 1. The van der Waals surface area contributed by atoms with E-state index < -0.39 is 46.7 Å². The van der Waals surface area contributed by atoms with Crippen molar-refractivity contribution in [2.45, 2.75) is 86.0 Å². The highest BCUT2D eigenvalue weighted by molar-refractivity contribution is 8.01. The third-order valence-electron chi connectivity index (χ3n) is 7.79. The zero-order valence-electron chi connectivity index (χ0n) is 25.7. The molecule has 0 radical (unpaired) electrons. The molecular formula is C27H37N9O7S3. The lowest BCUT2D eigenvalue weighted by atomic mass is 9.98. The molecule has 19 heteroatoms. The summed E-state index contributed by atoms with van der Waals surface area (Å²) in [4.78, 5) is 59.1. The molecule has 5 rings (SSSR count). The number of hydrogen-bond donors (Lipinski definition) is 3. The molecule has 1 aliphatic carbocycles. The Morgan fingerprint density at radius 1 is 1.26 bits per heavy atom. The number of aliphatic carboxylic acids is 1. The number of aromatic nitrogens is 5. The van der Waals surface area contributed by atoms with Crippen molar-refractivity contribution < 1.29 is 33.8 Å². The number of thioether (sulfide) groups is 2. The normalized spacial score (nSPS) is 22.3. The van der Waals surface area contributed by atoms with E-state index in [2.05, 4.69) is 25.8 Å². The number of β-lactam (4-membered cyclic amide) rings is 1. The lowest BCUT2D eigenvalue weighted by molar-refractivity contribution is -0.150. The van der Waals surface area contributed by atoms with Gasteiger partial charge >= 0.3 is 12.1 Å². The lowest BCUT2D eigenvalue weighted by Gasteiger charge is -2.52. The second kappa shape index (κ2) is 15.0. The number of amides is 2. The molecule has 2 fully saturated rings. The molecule has 250 valence electrons. The topological polar surface area (TPSA) is 208 Å². The van der Waals surface area contributed by atoms with Crippen molar-refractivity contribution in [2.24, 2.45) is 0 Å². The molecule has 2 aromatic heterocycles. The number of fused-ring (bicyclic) bond motifs is 1. The Labute approximate surface area is 277 Å². The molecule has 1 saturated carbocycles. The zero-order chi connectivity index (χ0) is 33.0. The largest absolute Gasteiger partial charge is 0.508 e. The smallest absolute Gasteiger partial charge is 0.477 e. The fourth-order valence-electron chi connectivity index (χ4n) is 5.51. The molecule has 0 bridgehead atoms. The molecule has 2 aliphatic heterocycles. The Bertz CT molecular complexity index is 1480. The molecule has 46 heavy (non-hydrogen) atoms. The molecule has 2 aromatic rings. The van der Waals surface area contributed by atoms with Crippen LogP contribution in [0.5, 0.6) is 0 Å². The van der Waals surface area contributed by atoms with Crippen molar-refractivity contribution in [3.8, 4) is 0 Å². The molecule has 2 amide bonds. The lowest BCUT2D eigenvalue weighted by Crippen LogP contribution is -2.71. The number of thiazole rings is 1. The first-order valence-electron chi connectivity index (χ1n) is 14.9. The third-order valence-corrected chi connectivity index (χ3v) is 11.2. The molecule has 4 heterocycles. The van der Waals surface area contributed by atoms with Crippen LogP contribution in [-0.2, 0) is 36.8 Å². The van der Waals surface area contributed by atoms with Gasteiger partial charge < -0.3 is 30.5 Å². The molecule has 0 spiro atoms. The summed E-state index contributed by atoms with van der Waals surface area (Å²) in [6.07, 6.45) is 2.61. The Morgan fingerprint density at radius 2 is 2.02 bits per heavy atom. The van der Waals surface area contributed by atoms with Crippen LogP contribution in [0.15, 0.2) is 21.8 Å². The van der Waals surface area contributed by atoms with Crippen molar-refractivity contribution in [1.82, 2.24) is 40.3 Å². The number of carbonyl (C=O) groups is 4. The summed E-state index contributed by atoms with van der Waals surface area (Å²) in [5, 5.41) is 26.1. The SMILES string of the molecule is CC(OC(=O)OC1CCCCC1)C1S[C@@H]2[C@H](NC(=O)Cc3csc(N)n3)C(=O)N2C(C(=O)O)=C1CSc1nnnn1CCN(C)C. The van der Waals surface area contributed by atoms with Gasteiger partial charge in [-0.15, -0.1) is 28.2 Å². The quantitative estimate of drug-likeness (QED) is 0.154. The highest BCUT2D eigenvalue weighted by Crippen LogP contribution is 2.47. The molecular weight excluding hydrogens is 659 g/mol. The van der Waals surface area contributed by atoms with Crippen LogP contribution < -0.4 is 11.1 Å². The van der Waals surface area contributed by atoms with E-state index in [-0.39, 0.29) is 24.0 Å². The van der Waals surface area contributed by atoms with Crippen LogP contribution in [-0.4, -0.2) is 119 Å². The highest BCUT2D eigenvalue weighted by atomic mass is 32.2. The number of nitrogens with two attached hydrogens (primary N) is 1. The van der Waals surface area contributed by atoms with Gasteiger partial charge in [-0.25, -0.2) is 19.3 Å². The van der Waals surface area contributed by atoms with Crippen molar-refractivity contribution in [2.75, 3.05) is 32.1 Å². The average molecular weight is 696 g/mol. The first-order valence-corrected chi connectivity index (χ1v) is 17.7. The number of likely N-dealkylation sites (N-methyl/N-ethyl adjacent to an activating group) is 1. The summed E-state index contributed by atoms with van der Waals surface area (Å²) in [5.41, 5.74) is 6.29. The summed E-state index contributed by atoms with van der Waals surface area (Å²) in [7, 11) is 3.85. The van der Waals surface area contributed by atoms with Gasteiger partial charge in [-0.3, -0.25) is 14.5 Å². The minimum absolute atomic E-state index is 0.0864. The molecule has 1 saturated heterocycles. The van der Waals surface area contributed by atoms with Gasteiger partial charge in [-0.1, -0.05) is 18.2 Å². The first-order chi connectivity index (χ1) is 22.0. The van der Waals surface area contributed by atoms with Crippen LogP contribution in [0.25, 0.3) is 0 Å².